The number of nitrogens with one attached hydrogen (secondary N) is 3. The minimum atomic E-state index is -0.516. The Morgan fingerprint density at radius 3 is 1.91 bits per heavy atom. The zero-order valence-corrected chi connectivity index (χ0v) is 28.6. The van der Waals surface area contributed by atoms with E-state index in [-0.39, 0.29) is 5.91 Å². The lowest BCUT2D eigenvalue weighted by molar-refractivity contribution is -0.0103. The Kier molecular flexibility index (Phi) is 17.2. The van der Waals surface area contributed by atoms with Crippen LogP contribution in [0.2, 0.25) is 0 Å². The van der Waals surface area contributed by atoms with Crippen LogP contribution in [0.4, 0.5) is 15.6 Å². The van der Waals surface area contributed by atoms with E-state index in [1.165, 1.54) is 11.3 Å². The number of rotatable bonds is 22. The molecule has 0 aliphatic rings. The summed E-state index contributed by atoms with van der Waals surface area (Å²) in [4.78, 5) is 29.7. The lowest BCUT2D eigenvalue weighted by Gasteiger charge is -2.19. The third-order valence-electron chi connectivity index (χ3n) is 6.23. The lowest BCUT2D eigenvalue weighted by atomic mass is 10.1. The van der Waals surface area contributed by atoms with E-state index >= 15 is 0 Å². The maximum absolute atomic E-state index is 12.8. The molecule has 3 rings (SSSR count). The SMILES string of the molecule is Cc1cc(NCCOCCOCCOCCOCCOCCNC(=O)OC(C)(C)C)ccc1C(=O)Nc1ncc(-c2ccccc2)s1. The van der Waals surface area contributed by atoms with Crippen LogP contribution >= 0.6 is 11.3 Å². The van der Waals surface area contributed by atoms with Crippen molar-refractivity contribution in [1.82, 2.24) is 10.3 Å². The Bertz CT molecular complexity index is 1330. The van der Waals surface area contributed by atoms with Gasteiger partial charge in [0.1, 0.15) is 5.60 Å². The molecule has 0 radical (unpaired) electrons. The van der Waals surface area contributed by atoms with Gasteiger partial charge in [0.05, 0.1) is 70.9 Å². The number of anilines is 2. The van der Waals surface area contributed by atoms with Gasteiger partial charge >= 0.3 is 6.09 Å². The first-order valence-corrected chi connectivity index (χ1v) is 16.6. The van der Waals surface area contributed by atoms with E-state index in [1.54, 1.807) is 6.20 Å². The first kappa shape index (κ1) is 37.9. The van der Waals surface area contributed by atoms with Crippen LogP contribution < -0.4 is 16.0 Å². The van der Waals surface area contributed by atoms with Crippen LogP contribution in [-0.2, 0) is 28.4 Å². The molecule has 2 aromatic carbocycles. The fourth-order valence-electron chi connectivity index (χ4n) is 4.05. The molecule has 0 aliphatic heterocycles. The average molecular weight is 673 g/mol. The highest BCUT2D eigenvalue weighted by molar-refractivity contribution is 7.19. The maximum atomic E-state index is 12.8. The van der Waals surface area contributed by atoms with Crippen LogP contribution in [0.3, 0.4) is 0 Å². The Morgan fingerprint density at radius 2 is 1.34 bits per heavy atom. The number of nitrogens with zero attached hydrogens (tertiary/aromatic N) is 1. The van der Waals surface area contributed by atoms with Crippen molar-refractivity contribution in [2.45, 2.75) is 33.3 Å². The van der Waals surface area contributed by atoms with Gasteiger partial charge in [0.15, 0.2) is 5.13 Å². The van der Waals surface area contributed by atoms with Gasteiger partial charge in [-0.3, -0.25) is 10.1 Å². The third-order valence-corrected chi connectivity index (χ3v) is 7.20. The molecule has 3 aromatic rings. The molecule has 0 unspecified atom stereocenters. The molecule has 0 aliphatic carbocycles. The molecule has 0 atom stereocenters. The van der Waals surface area contributed by atoms with Crippen molar-refractivity contribution in [2.24, 2.45) is 0 Å². The van der Waals surface area contributed by atoms with E-state index in [0.717, 1.165) is 21.7 Å². The van der Waals surface area contributed by atoms with Crippen LogP contribution in [0.25, 0.3) is 10.4 Å². The van der Waals surface area contributed by atoms with E-state index < -0.39 is 11.7 Å². The number of amides is 2. The number of carbonyl (C=O) groups is 2. The number of thiazole rings is 1. The van der Waals surface area contributed by atoms with E-state index in [9.17, 15) is 9.59 Å². The average Bonchev–Trinajstić information content (AvgIpc) is 3.50. The molecule has 2 amide bonds. The number of hydrogen-bond acceptors (Lipinski definition) is 11. The third kappa shape index (κ3) is 16.2. The largest absolute Gasteiger partial charge is 0.444 e. The Hall–Kier alpha value is -3.59. The van der Waals surface area contributed by atoms with E-state index in [1.807, 2.05) is 76.2 Å². The molecule has 3 N–H and O–H groups in total. The van der Waals surface area contributed by atoms with Crippen molar-refractivity contribution < 1.29 is 38.0 Å². The number of carbonyl (C=O) groups excluding carboxylic acids is 2. The molecule has 1 aromatic heterocycles. The second kappa shape index (κ2) is 21.3. The number of ether oxygens (including phenoxy) is 6. The van der Waals surface area contributed by atoms with Gasteiger partial charge in [-0.25, -0.2) is 9.78 Å². The normalized spacial score (nSPS) is 11.3. The minimum absolute atomic E-state index is 0.185. The summed E-state index contributed by atoms with van der Waals surface area (Å²) in [6.07, 6.45) is 1.32. The minimum Gasteiger partial charge on any atom is -0.444 e. The molecule has 258 valence electrons. The zero-order valence-electron chi connectivity index (χ0n) is 27.8. The molecule has 13 heteroatoms. The van der Waals surface area contributed by atoms with Crippen molar-refractivity contribution >= 4 is 34.2 Å². The smallest absolute Gasteiger partial charge is 0.407 e. The molecule has 0 spiro atoms. The summed E-state index contributed by atoms with van der Waals surface area (Å²) in [6.45, 7) is 13.0. The first-order valence-electron chi connectivity index (χ1n) is 15.7. The summed E-state index contributed by atoms with van der Waals surface area (Å²) in [5.74, 6) is -0.185. The van der Waals surface area contributed by atoms with Gasteiger partial charge in [0.2, 0.25) is 0 Å². The fourth-order valence-corrected chi connectivity index (χ4v) is 4.87. The molecular formula is C34H48N4O8S. The highest BCUT2D eigenvalue weighted by atomic mass is 32.1. The topological polar surface area (TPSA) is 138 Å². The summed E-state index contributed by atoms with van der Waals surface area (Å²) < 4.78 is 32.6. The predicted octanol–water partition coefficient (Wildman–Crippen LogP) is 5.39. The van der Waals surface area contributed by atoms with Crippen LogP contribution in [0, 0.1) is 6.92 Å². The van der Waals surface area contributed by atoms with E-state index in [4.69, 9.17) is 28.4 Å². The van der Waals surface area contributed by atoms with Crippen LogP contribution in [-0.4, -0.2) is 102 Å². The second-order valence-corrected chi connectivity index (χ2v) is 12.3. The molecular weight excluding hydrogens is 624 g/mol. The van der Waals surface area contributed by atoms with Gasteiger partial charge in [0, 0.05) is 30.5 Å². The summed E-state index contributed by atoms with van der Waals surface area (Å²) in [6, 6.07) is 15.6. The molecule has 0 fully saturated rings. The summed E-state index contributed by atoms with van der Waals surface area (Å²) in [5.41, 5.74) is 2.94. The monoisotopic (exact) mass is 672 g/mol. The number of benzene rings is 2. The maximum Gasteiger partial charge on any atom is 0.407 e. The first-order chi connectivity index (χ1) is 22.7. The van der Waals surface area contributed by atoms with Gasteiger partial charge in [-0.2, -0.15) is 0 Å². The van der Waals surface area contributed by atoms with Crippen molar-refractivity contribution in [2.75, 3.05) is 89.8 Å². The Balaban J connectivity index is 1.12. The van der Waals surface area contributed by atoms with Crippen LogP contribution in [0.5, 0.6) is 0 Å². The van der Waals surface area contributed by atoms with E-state index in [2.05, 4.69) is 20.9 Å². The standard InChI is InChI=1S/C34H48N4O8S/c1-26-24-28(10-11-29(26)31(39)38-32-37-25-30(47-32)27-8-6-5-7-9-27)35-12-14-41-16-18-43-20-22-45-23-21-44-19-17-42-15-13-36-33(40)46-34(2,3)4/h5-11,24-25,35H,12-23H2,1-4H3,(H,36,40)(H,37,38,39). The molecule has 47 heavy (non-hydrogen) atoms. The van der Waals surface area contributed by atoms with Crippen molar-refractivity contribution in [3.63, 3.8) is 0 Å². The quantitative estimate of drug-likeness (QED) is 0.119. The van der Waals surface area contributed by atoms with Crippen molar-refractivity contribution in [3.05, 3.63) is 65.9 Å². The summed E-state index contributed by atoms with van der Waals surface area (Å²) in [5, 5.41) is 9.42. The highest BCUT2D eigenvalue weighted by Crippen LogP contribution is 2.29. The van der Waals surface area contributed by atoms with Gasteiger partial charge in [0.25, 0.3) is 5.91 Å². The predicted molar refractivity (Wildman–Crippen MR) is 184 cm³/mol. The number of alkyl carbamates (subject to hydrolysis) is 1. The Labute approximate surface area is 281 Å². The molecule has 0 saturated carbocycles. The Morgan fingerprint density at radius 1 is 0.766 bits per heavy atom. The number of hydrogen-bond donors (Lipinski definition) is 3. The van der Waals surface area contributed by atoms with Crippen LogP contribution in [0.1, 0.15) is 36.7 Å². The summed E-state index contributed by atoms with van der Waals surface area (Å²) in [7, 11) is 0. The van der Waals surface area contributed by atoms with Gasteiger partial charge in [-0.1, -0.05) is 41.7 Å². The fraction of sp³-hybridized carbons (Fsp3) is 0.500. The number of aryl methyl sites for hydroxylation is 1. The molecule has 0 bridgehead atoms. The number of aromatic nitrogens is 1. The van der Waals surface area contributed by atoms with Crippen molar-refractivity contribution in [1.29, 1.82) is 0 Å². The van der Waals surface area contributed by atoms with Crippen molar-refractivity contribution in [3.8, 4) is 10.4 Å². The zero-order chi connectivity index (χ0) is 33.7. The summed E-state index contributed by atoms with van der Waals surface area (Å²) >= 11 is 1.45. The van der Waals surface area contributed by atoms with Crippen LogP contribution in [0.15, 0.2) is 54.7 Å². The highest BCUT2D eigenvalue weighted by Gasteiger charge is 2.15. The lowest BCUT2D eigenvalue weighted by Crippen LogP contribution is -2.34. The second-order valence-electron chi connectivity index (χ2n) is 11.3. The molecule has 12 nitrogen and oxygen atoms in total. The molecule has 1 heterocycles. The molecule has 0 saturated heterocycles. The van der Waals surface area contributed by atoms with E-state index in [0.29, 0.717) is 89.9 Å². The van der Waals surface area contributed by atoms with Gasteiger partial charge < -0.3 is 39.1 Å². The van der Waals surface area contributed by atoms with Gasteiger partial charge in [-0.15, -0.1) is 0 Å². The van der Waals surface area contributed by atoms with Gasteiger partial charge in [-0.05, 0) is 57.0 Å².